The maximum atomic E-state index is 12.5. The van der Waals surface area contributed by atoms with Crippen molar-refractivity contribution in [2.45, 2.75) is 42.6 Å². The minimum Gasteiger partial charge on any atom is -0.381 e. The third-order valence-corrected chi connectivity index (χ3v) is 3.14. The van der Waals surface area contributed by atoms with Gasteiger partial charge in [0, 0.05) is 4.90 Å². The zero-order valence-corrected chi connectivity index (χ0v) is 10.8. The van der Waals surface area contributed by atoms with Crippen molar-refractivity contribution in [1.29, 1.82) is 0 Å². The molecule has 102 valence electrons. The van der Waals surface area contributed by atoms with Crippen LogP contribution in [0.1, 0.15) is 13.8 Å². The third kappa shape index (κ3) is 4.88. The topological polar surface area (TPSA) is 29.5 Å². The fourth-order valence-electron chi connectivity index (χ4n) is 1.22. The van der Waals surface area contributed by atoms with Gasteiger partial charge in [-0.1, -0.05) is 30.0 Å². The normalized spacial score (nSPS) is 15.7. The van der Waals surface area contributed by atoms with Gasteiger partial charge in [0.25, 0.3) is 0 Å². The number of hydrogen-bond donors (Lipinski definition) is 1. The van der Waals surface area contributed by atoms with Crippen LogP contribution in [0.15, 0.2) is 35.2 Å². The number of aliphatic hydroxyl groups is 1. The predicted molar refractivity (Wildman–Crippen MR) is 64.4 cm³/mol. The molecule has 1 N–H and O–H groups in total. The van der Waals surface area contributed by atoms with Gasteiger partial charge in [0.15, 0.2) is 6.10 Å². The molecular weight excluding hydrogens is 265 g/mol. The first kappa shape index (κ1) is 15.3. The average Bonchev–Trinajstić information content (AvgIpc) is 2.26. The van der Waals surface area contributed by atoms with Crippen molar-refractivity contribution in [2.24, 2.45) is 0 Å². The number of rotatable bonds is 5. The van der Waals surface area contributed by atoms with E-state index in [0.717, 1.165) is 11.8 Å². The minimum absolute atomic E-state index is 0.400. The van der Waals surface area contributed by atoms with Gasteiger partial charge in [0.2, 0.25) is 0 Å². The molecule has 0 spiro atoms. The number of thioether (sulfide) groups is 1. The molecule has 2 atom stereocenters. The summed E-state index contributed by atoms with van der Waals surface area (Å²) >= 11 is 0.860. The van der Waals surface area contributed by atoms with E-state index in [1.165, 1.54) is 0 Å². The molecule has 1 aromatic carbocycles. The van der Waals surface area contributed by atoms with Crippen LogP contribution in [0.25, 0.3) is 0 Å². The lowest BCUT2D eigenvalue weighted by Crippen LogP contribution is -2.40. The summed E-state index contributed by atoms with van der Waals surface area (Å²) in [6, 6.07) is 8.54. The van der Waals surface area contributed by atoms with E-state index in [1.807, 2.05) is 0 Å². The largest absolute Gasteiger partial charge is 0.417 e. The quantitative estimate of drug-likeness (QED) is 0.661. The molecule has 0 aliphatic rings. The van der Waals surface area contributed by atoms with Crippen LogP contribution in [-0.2, 0) is 4.74 Å². The van der Waals surface area contributed by atoms with Crippen molar-refractivity contribution < 1.29 is 23.0 Å². The fourth-order valence-corrected chi connectivity index (χ4v) is 2.37. The van der Waals surface area contributed by atoms with E-state index in [2.05, 4.69) is 0 Å². The van der Waals surface area contributed by atoms with Crippen LogP contribution in [0.5, 0.6) is 0 Å². The van der Waals surface area contributed by atoms with Crippen LogP contribution in [0.3, 0.4) is 0 Å². The van der Waals surface area contributed by atoms with Crippen molar-refractivity contribution in [3.63, 3.8) is 0 Å². The molecule has 0 amide bonds. The van der Waals surface area contributed by atoms with E-state index in [9.17, 15) is 18.3 Å². The molecule has 0 heterocycles. The first-order chi connectivity index (χ1) is 8.30. The summed E-state index contributed by atoms with van der Waals surface area (Å²) in [5, 5.41) is 9.28. The predicted octanol–water partition coefficient (Wildman–Crippen LogP) is 3.45. The van der Waals surface area contributed by atoms with E-state index in [4.69, 9.17) is 4.74 Å². The lowest BCUT2D eigenvalue weighted by Gasteiger charge is -2.26. The monoisotopic (exact) mass is 280 g/mol. The number of ether oxygens (including phenoxy) is 1. The summed E-state index contributed by atoms with van der Waals surface area (Å²) in [5.41, 5.74) is -1.37. The van der Waals surface area contributed by atoms with Crippen molar-refractivity contribution in [1.82, 2.24) is 0 Å². The third-order valence-electron chi connectivity index (χ3n) is 1.99. The maximum absolute atomic E-state index is 12.5. The maximum Gasteiger partial charge on any atom is 0.417 e. The van der Waals surface area contributed by atoms with E-state index >= 15 is 0 Å². The van der Waals surface area contributed by atoms with Crippen molar-refractivity contribution in [3.05, 3.63) is 30.3 Å². The molecule has 0 radical (unpaired) electrons. The number of hydrogen-bond acceptors (Lipinski definition) is 3. The summed E-state index contributed by atoms with van der Waals surface area (Å²) in [6.07, 6.45) is -7.60. The standard InChI is InChI=1S/C12H15F3O2S/c1-8(2)17-11(10(16)12(13,14)15)18-9-6-4-3-5-7-9/h3-8,10-11,16H,1-2H3. The zero-order chi connectivity index (χ0) is 13.8. The van der Waals surface area contributed by atoms with Gasteiger partial charge in [-0.25, -0.2) is 0 Å². The van der Waals surface area contributed by atoms with Gasteiger partial charge in [-0.15, -0.1) is 0 Å². The van der Waals surface area contributed by atoms with Gasteiger partial charge in [-0.3, -0.25) is 0 Å². The molecule has 0 bridgehead atoms. The van der Waals surface area contributed by atoms with Crippen LogP contribution in [0.2, 0.25) is 0 Å². The van der Waals surface area contributed by atoms with E-state index in [-0.39, 0.29) is 0 Å². The zero-order valence-electron chi connectivity index (χ0n) is 10.0. The molecule has 0 aliphatic carbocycles. The summed E-state index contributed by atoms with van der Waals surface area (Å²) in [4.78, 5) is 0.617. The Balaban J connectivity index is 2.79. The molecule has 18 heavy (non-hydrogen) atoms. The Morgan fingerprint density at radius 2 is 1.72 bits per heavy atom. The molecule has 0 aromatic heterocycles. The number of benzene rings is 1. The Morgan fingerprint density at radius 3 is 2.17 bits per heavy atom. The lowest BCUT2D eigenvalue weighted by atomic mass is 10.3. The van der Waals surface area contributed by atoms with Crippen LogP contribution >= 0.6 is 11.8 Å². The van der Waals surface area contributed by atoms with E-state index in [0.29, 0.717) is 4.90 Å². The number of alkyl halides is 3. The molecule has 6 heteroatoms. The molecule has 2 unspecified atom stereocenters. The second kappa shape index (κ2) is 6.45. The molecule has 0 fully saturated rings. The van der Waals surface area contributed by atoms with E-state index in [1.54, 1.807) is 44.2 Å². The van der Waals surface area contributed by atoms with Crippen molar-refractivity contribution in [3.8, 4) is 0 Å². The van der Waals surface area contributed by atoms with Crippen LogP contribution in [0.4, 0.5) is 13.2 Å². The Bertz CT molecular complexity index is 354. The molecule has 1 rings (SSSR count). The highest BCUT2D eigenvalue weighted by Crippen LogP contribution is 2.33. The van der Waals surface area contributed by atoms with Crippen LogP contribution < -0.4 is 0 Å². The fraction of sp³-hybridized carbons (Fsp3) is 0.500. The molecule has 0 saturated heterocycles. The van der Waals surface area contributed by atoms with Gasteiger partial charge in [0.1, 0.15) is 5.44 Å². The summed E-state index contributed by atoms with van der Waals surface area (Å²) in [7, 11) is 0. The summed E-state index contributed by atoms with van der Waals surface area (Å²) in [6.45, 7) is 3.25. The van der Waals surface area contributed by atoms with E-state index < -0.39 is 23.8 Å². The Hall–Kier alpha value is -0.720. The molecule has 2 nitrogen and oxygen atoms in total. The molecule has 1 aromatic rings. The summed E-state index contributed by atoms with van der Waals surface area (Å²) in [5.74, 6) is 0. The van der Waals surface area contributed by atoms with Gasteiger partial charge >= 0.3 is 6.18 Å². The average molecular weight is 280 g/mol. The second-order valence-corrected chi connectivity index (χ2v) is 5.14. The van der Waals surface area contributed by atoms with Crippen LogP contribution in [-0.4, -0.2) is 28.9 Å². The summed E-state index contributed by atoms with van der Waals surface area (Å²) < 4.78 is 42.7. The SMILES string of the molecule is CC(C)OC(Sc1ccccc1)C(O)C(F)(F)F. The van der Waals surface area contributed by atoms with Crippen LogP contribution in [0, 0.1) is 0 Å². The van der Waals surface area contributed by atoms with Gasteiger partial charge in [-0.2, -0.15) is 13.2 Å². The smallest absolute Gasteiger partial charge is 0.381 e. The second-order valence-electron chi connectivity index (χ2n) is 3.97. The highest BCUT2D eigenvalue weighted by molar-refractivity contribution is 7.99. The molecule has 0 aliphatic heterocycles. The Morgan fingerprint density at radius 1 is 1.17 bits per heavy atom. The van der Waals surface area contributed by atoms with Crippen molar-refractivity contribution in [2.75, 3.05) is 0 Å². The highest BCUT2D eigenvalue weighted by Gasteiger charge is 2.45. The van der Waals surface area contributed by atoms with Crippen molar-refractivity contribution >= 4 is 11.8 Å². The van der Waals surface area contributed by atoms with Gasteiger partial charge < -0.3 is 9.84 Å². The number of aliphatic hydroxyl groups excluding tert-OH is 1. The first-order valence-electron chi connectivity index (χ1n) is 5.42. The van der Waals surface area contributed by atoms with Gasteiger partial charge in [0.05, 0.1) is 6.10 Å². The first-order valence-corrected chi connectivity index (χ1v) is 6.30. The Kier molecular flexibility index (Phi) is 5.49. The molecular formula is C12H15F3O2S. The highest BCUT2D eigenvalue weighted by atomic mass is 32.2. The van der Waals surface area contributed by atoms with Gasteiger partial charge in [-0.05, 0) is 26.0 Å². The minimum atomic E-state index is -4.69. The number of halogens is 3. The lowest BCUT2D eigenvalue weighted by molar-refractivity contribution is -0.226. The Labute approximate surface area is 108 Å². The molecule has 0 saturated carbocycles.